The number of hydrogen-bond acceptors (Lipinski definition) is 2. The maximum absolute atomic E-state index is 12.8. The van der Waals surface area contributed by atoms with Gasteiger partial charge in [0.1, 0.15) is 0 Å². The second kappa shape index (κ2) is 5.80. The SMILES string of the molecule is CC(C)c1ccc(CN2CCC[C@@]3(CCNC3)C2=O)cc1. The molecule has 0 aliphatic carbocycles. The van der Waals surface area contributed by atoms with Gasteiger partial charge in [0.25, 0.3) is 0 Å². The van der Waals surface area contributed by atoms with E-state index in [1.165, 1.54) is 11.1 Å². The number of likely N-dealkylation sites (tertiary alicyclic amines) is 1. The molecule has 114 valence electrons. The normalized spacial score (nSPS) is 26.0. The summed E-state index contributed by atoms with van der Waals surface area (Å²) in [7, 11) is 0. The van der Waals surface area contributed by atoms with Crippen LogP contribution in [0.2, 0.25) is 0 Å². The Morgan fingerprint density at radius 2 is 2.00 bits per heavy atom. The summed E-state index contributed by atoms with van der Waals surface area (Å²) in [4.78, 5) is 14.9. The molecular formula is C18H26N2O. The molecule has 3 rings (SSSR count). The molecule has 2 aliphatic heterocycles. The molecule has 0 bridgehead atoms. The van der Waals surface area contributed by atoms with Gasteiger partial charge < -0.3 is 10.2 Å². The van der Waals surface area contributed by atoms with Crippen molar-refractivity contribution in [3.8, 4) is 0 Å². The Balaban J connectivity index is 1.70. The lowest BCUT2D eigenvalue weighted by atomic mass is 9.78. The lowest BCUT2D eigenvalue weighted by Gasteiger charge is -2.39. The van der Waals surface area contributed by atoms with Crippen molar-refractivity contribution < 1.29 is 4.79 Å². The van der Waals surface area contributed by atoms with E-state index in [1.54, 1.807) is 0 Å². The first-order valence-corrected chi connectivity index (χ1v) is 8.20. The lowest BCUT2D eigenvalue weighted by Crippen LogP contribution is -2.49. The van der Waals surface area contributed by atoms with Crippen LogP contribution in [-0.2, 0) is 11.3 Å². The number of carbonyl (C=O) groups is 1. The zero-order valence-corrected chi connectivity index (χ0v) is 13.2. The maximum Gasteiger partial charge on any atom is 0.230 e. The van der Waals surface area contributed by atoms with Crippen LogP contribution >= 0.6 is 0 Å². The van der Waals surface area contributed by atoms with Gasteiger partial charge in [0.05, 0.1) is 5.41 Å². The van der Waals surface area contributed by atoms with Gasteiger partial charge >= 0.3 is 0 Å². The van der Waals surface area contributed by atoms with Gasteiger partial charge in [0.15, 0.2) is 0 Å². The average molecular weight is 286 g/mol. The Morgan fingerprint density at radius 3 is 2.62 bits per heavy atom. The third-order valence-corrected chi connectivity index (χ3v) is 5.09. The zero-order chi connectivity index (χ0) is 14.9. The topological polar surface area (TPSA) is 32.3 Å². The zero-order valence-electron chi connectivity index (χ0n) is 13.2. The molecule has 1 atom stereocenters. The molecule has 0 radical (unpaired) electrons. The van der Waals surface area contributed by atoms with E-state index in [2.05, 4.69) is 48.3 Å². The van der Waals surface area contributed by atoms with Crippen LogP contribution in [0.4, 0.5) is 0 Å². The van der Waals surface area contributed by atoms with Gasteiger partial charge in [0.2, 0.25) is 5.91 Å². The first-order chi connectivity index (χ1) is 10.1. The van der Waals surface area contributed by atoms with Gasteiger partial charge in [-0.1, -0.05) is 38.1 Å². The van der Waals surface area contributed by atoms with Gasteiger partial charge in [-0.3, -0.25) is 4.79 Å². The molecular weight excluding hydrogens is 260 g/mol. The van der Waals surface area contributed by atoms with Crippen LogP contribution in [0.25, 0.3) is 0 Å². The quantitative estimate of drug-likeness (QED) is 0.926. The molecule has 0 saturated carbocycles. The Morgan fingerprint density at radius 1 is 1.24 bits per heavy atom. The first-order valence-electron chi connectivity index (χ1n) is 8.20. The fourth-order valence-corrected chi connectivity index (χ4v) is 3.67. The van der Waals surface area contributed by atoms with Crippen molar-refractivity contribution in [2.75, 3.05) is 19.6 Å². The number of hydrogen-bond donors (Lipinski definition) is 1. The summed E-state index contributed by atoms with van der Waals surface area (Å²) in [5.74, 6) is 0.926. The number of amides is 1. The van der Waals surface area contributed by atoms with Crippen molar-refractivity contribution in [3.05, 3.63) is 35.4 Å². The van der Waals surface area contributed by atoms with E-state index in [-0.39, 0.29) is 5.41 Å². The highest BCUT2D eigenvalue weighted by atomic mass is 16.2. The van der Waals surface area contributed by atoms with Crippen molar-refractivity contribution in [1.29, 1.82) is 0 Å². The Bertz CT molecular complexity index is 500. The van der Waals surface area contributed by atoms with E-state index < -0.39 is 0 Å². The summed E-state index contributed by atoms with van der Waals surface area (Å²) >= 11 is 0. The van der Waals surface area contributed by atoms with E-state index in [0.717, 1.165) is 45.4 Å². The van der Waals surface area contributed by atoms with E-state index >= 15 is 0 Å². The van der Waals surface area contributed by atoms with Gasteiger partial charge in [-0.25, -0.2) is 0 Å². The summed E-state index contributed by atoms with van der Waals surface area (Å²) in [6, 6.07) is 8.75. The largest absolute Gasteiger partial charge is 0.338 e. The lowest BCUT2D eigenvalue weighted by molar-refractivity contribution is -0.145. The standard InChI is InChI=1S/C18H26N2O/c1-14(2)16-6-4-15(5-7-16)12-20-11-3-8-18(17(20)21)9-10-19-13-18/h4-7,14,19H,3,8-13H2,1-2H3/t18-/m0/s1. The van der Waals surface area contributed by atoms with E-state index in [1.807, 2.05) is 0 Å². The minimum Gasteiger partial charge on any atom is -0.338 e. The summed E-state index contributed by atoms with van der Waals surface area (Å²) in [5.41, 5.74) is 2.51. The Hall–Kier alpha value is -1.35. The van der Waals surface area contributed by atoms with Crippen LogP contribution in [0.15, 0.2) is 24.3 Å². The molecule has 1 aromatic carbocycles. The van der Waals surface area contributed by atoms with E-state index in [0.29, 0.717) is 11.8 Å². The predicted molar refractivity (Wildman–Crippen MR) is 85.1 cm³/mol. The second-order valence-corrected chi connectivity index (χ2v) is 6.93. The molecule has 1 amide bonds. The fourth-order valence-electron chi connectivity index (χ4n) is 3.67. The van der Waals surface area contributed by atoms with Crippen LogP contribution in [0.1, 0.15) is 50.2 Å². The predicted octanol–water partition coefficient (Wildman–Crippen LogP) is 2.91. The van der Waals surface area contributed by atoms with E-state index in [4.69, 9.17) is 0 Å². The molecule has 2 fully saturated rings. The minimum absolute atomic E-state index is 0.101. The third kappa shape index (κ3) is 2.84. The van der Waals surface area contributed by atoms with Crippen molar-refractivity contribution in [1.82, 2.24) is 10.2 Å². The molecule has 0 aromatic heterocycles. The van der Waals surface area contributed by atoms with Crippen molar-refractivity contribution in [2.24, 2.45) is 5.41 Å². The molecule has 21 heavy (non-hydrogen) atoms. The molecule has 2 heterocycles. The van der Waals surface area contributed by atoms with Crippen molar-refractivity contribution in [3.63, 3.8) is 0 Å². The number of nitrogens with one attached hydrogen (secondary N) is 1. The summed E-state index contributed by atoms with van der Waals surface area (Å²) in [5, 5.41) is 3.37. The Labute approximate surface area is 127 Å². The number of carbonyl (C=O) groups excluding carboxylic acids is 1. The van der Waals surface area contributed by atoms with E-state index in [9.17, 15) is 4.79 Å². The van der Waals surface area contributed by atoms with Gasteiger partial charge in [0, 0.05) is 19.6 Å². The second-order valence-electron chi connectivity index (χ2n) is 6.93. The number of benzene rings is 1. The smallest absolute Gasteiger partial charge is 0.230 e. The van der Waals surface area contributed by atoms with Crippen LogP contribution < -0.4 is 5.32 Å². The van der Waals surface area contributed by atoms with Gasteiger partial charge in [-0.05, 0) is 42.9 Å². The van der Waals surface area contributed by atoms with Crippen LogP contribution in [0.5, 0.6) is 0 Å². The maximum atomic E-state index is 12.8. The van der Waals surface area contributed by atoms with Gasteiger partial charge in [-0.2, -0.15) is 0 Å². The molecule has 3 heteroatoms. The number of piperidine rings is 1. The van der Waals surface area contributed by atoms with Crippen LogP contribution in [-0.4, -0.2) is 30.4 Å². The molecule has 1 N–H and O–H groups in total. The highest BCUT2D eigenvalue weighted by molar-refractivity contribution is 5.84. The molecule has 2 saturated heterocycles. The van der Waals surface area contributed by atoms with Gasteiger partial charge in [-0.15, -0.1) is 0 Å². The molecule has 1 aromatic rings. The molecule has 0 unspecified atom stereocenters. The monoisotopic (exact) mass is 286 g/mol. The third-order valence-electron chi connectivity index (χ3n) is 5.09. The average Bonchev–Trinajstić information content (AvgIpc) is 2.94. The van der Waals surface area contributed by atoms with Crippen LogP contribution in [0.3, 0.4) is 0 Å². The summed E-state index contributed by atoms with van der Waals surface area (Å²) in [6.45, 7) is 7.95. The van der Waals surface area contributed by atoms with Crippen molar-refractivity contribution in [2.45, 2.75) is 45.6 Å². The Kier molecular flexibility index (Phi) is 4.03. The van der Waals surface area contributed by atoms with Crippen molar-refractivity contribution >= 4 is 5.91 Å². The summed E-state index contributed by atoms with van der Waals surface area (Å²) < 4.78 is 0. The number of rotatable bonds is 3. The highest BCUT2D eigenvalue weighted by Gasteiger charge is 2.45. The highest BCUT2D eigenvalue weighted by Crippen LogP contribution is 2.37. The number of nitrogens with zero attached hydrogens (tertiary/aromatic N) is 1. The first kappa shape index (κ1) is 14.6. The molecule has 3 nitrogen and oxygen atoms in total. The molecule has 1 spiro atoms. The fraction of sp³-hybridized carbons (Fsp3) is 0.611. The minimum atomic E-state index is -0.101. The molecule has 2 aliphatic rings. The summed E-state index contributed by atoms with van der Waals surface area (Å²) in [6.07, 6.45) is 3.20. The van der Waals surface area contributed by atoms with Crippen LogP contribution in [0, 0.1) is 5.41 Å².